The van der Waals surface area contributed by atoms with Gasteiger partial charge in [0.1, 0.15) is 0 Å². The first-order valence-electron chi connectivity index (χ1n) is 4.66. The van der Waals surface area contributed by atoms with Crippen molar-refractivity contribution in [2.75, 3.05) is 0 Å². The molecule has 0 bridgehead atoms. The van der Waals surface area contributed by atoms with Crippen LogP contribution in [0.5, 0.6) is 0 Å². The number of hydrogen-bond donors (Lipinski definition) is 1. The van der Waals surface area contributed by atoms with Crippen molar-refractivity contribution in [3.8, 4) is 0 Å². The molecule has 0 spiro atoms. The fraction of sp³-hybridized carbons (Fsp3) is 0.400. The molecule has 0 aliphatic carbocycles. The maximum absolute atomic E-state index is 12.3. The Hall–Kier alpha value is -1.63. The molecule has 4 nitrogen and oxygen atoms in total. The standard InChI is InChI=1S/C10H11F3N2O2/c1-3-9(17,7(2)16)6-15-5-8(4-14-15)10(11,12)13/h3-5,17H,1,6H2,2H3. The summed E-state index contributed by atoms with van der Waals surface area (Å²) in [5.74, 6) is -0.614. The molecule has 1 aromatic rings. The Labute approximate surface area is 95.4 Å². The van der Waals surface area contributed by atoms with Gasteiger partial charge >= 0.3 is 6.18 Å². The third-order valence-electron chi connectivity index (χ3n) is 2.31. The first-order valence-corrected chi connectivity index (χ1v) is 4.66. The number of aromatic nitrogens is 2. The molecule has 1 unspecified atom stereocenters. The van der Waals surface area contributed by atoms with E-state index in [1.165, 1.54) is 0 Å². The Kier molecular flexibility index (Phi) is 3.42. The van der Waals surface area contributed by atoms with Gasteiger partial charge in [0.25, 0.3) is 0 Å². The molecule has 0 radical (unpaired) electrons. The highest BCUT2D eigenvalue weighted by Crippen LogP contribution is 2.28. The highest BCUT2D eigenvalue weighted by molar-refractivity contribution is 5.86. The van der Waals surface area contributed by atoms with Gasteiger partial charge in [-0.05, 0) is 6.92 Å². The molecule has 17 heavy (non-hydrogen) atoms. The molecule has 1 atom stereocenters. The van der Waals surface area contributed by atoms with Gasteiger partial charge in [0.15, 0.2) is 11.4 Å². The summed E-state index contributed by atoms with van der Waals surface area (Å²) in [6.45, 7) is 3.99. The Morgan fingerprint density at radius 1 is 1.65 bits per heavy atom. The molecule has 0 fully saturated rings. The molecule has 0 aliphatic rings. The Bertz CT molecular complexity index is 439. The highest BCUT2D eigenvalue weighted by atomic mass is 19.4. The van der Waals surface area contributed by atoms with Crippen LogP contribution in [0.25, 0.3) is 0 Å². The van der Waals surface area contributed by atoms with Crippen LogP contribution in [0.15, 0.2) is 25.0 Å². The van der Waals surface area contributed by atoms with Gasteiger partial charge in [0.2, 0.25) is 0 Å². The van der Waals surface area contributed by atoms with Gasteiger partial charge in [-0.1, -0.05) is 12.7 Å². The van der Waals surface area contributed by atoms with Crippen LogP contribution in [0.4, 0.5) is 13.2 Å². The van der Waals surface area contributed by atoms with Crippen molar-refractivity contribution >= 4 is 5.78 Å². The molecule has 0 aliphatic heterocycles. The Balaban J connectivity index is 2.93. The van der Waals surface area contributed by atoms with Gasteiger partial charge in [-0.3, -0.25) is 9.48 Å². The van der Waals surface area contributed by atoms with E-state index >= 15 is 0 Å². The van der Waals surface area contributed by atoms with Crippen molar-refractivity contribution in [3.05, 3.63) is 30.6 Å². The van der Waals surface area contributed by atoms with E-state index in [0.717, 1.165) is 23.9 Å². The van der Waals surface area contributed by atoms with Crippen LogP contribution in [0, 0.1) is 0 Å². The number of aliphatic hydroxyl groups is 1. The quantitative estimate of drug-likeness (QED) is 0.819. The van der Waals surface area contributed by atoms with Gasteiger partial charge in [0.05, 0.1) is 18.3 Å². The minimum atomic E-state index is -4.50. The van der Waals surface area contributed by atoms with E-state index in [9.17, 15) is 23.1 Å². The van der Waals surface area contributed by atoms with Crippen LogP contribution in [0.2, 0.25) is 0 Å². The average molecular weight is 248 g/mol. The molecule has 1 aromatic heterocycles. The van der Waals surface area contributed by atoms with Crippen molar-refractivity contribution in [1.82, 2.24) is 9.78 Å². The van der Waals surface area contributed by atoms with Crippen LogP contribution < -0.4 is 0 Å². The SMILES string of the molecule is C=CC(O)(Cn1cc(C(F)(F)F)cn1)C(C)=O. The van der Waals surface area contributed by atoms with E-state index in [1.807, 2.05) is 0 Å². The van der Waals surface area contributed by atoms with Crippen LogP contribution in [0.3, 0.4) is 0 Å². The lowest BCUT2D eigenvalue weighted by molar-refractivity contribution is -0.137. The molecular formula is C10H11F3N2O2. The summed E-state index contributed by atoms with van der Waals surface area (Å²) in [7, 11) is 0. The van der Waals surface area contributed by atoms with E-state index in [2.05, 4.69) is 11.7 Å². The van der Waals surface area contributed by atoms with Crippen LogP contribution >= 0.6 is 0 Å². The number of ketones is 1. The van der Waals surface area contributed by atoms with Crippen molar-refractivity contribution in [2.45, 2.75) is 25.2 Å². The molecule has 94 valence electrons. The van der Waals surface area contributed by atoms with E-state index in [0.29, 0.717) is 6.20 Å². The van der Waals surface area contributed by atoms with Gasteiger partial charge in [-0.2, -0.15) is 18.3 Å². The largest absolute Gasteiger partial charge is 0.419 e. The van der Waals surface area contributed by atoms with E-state index in [1.54, 1.807) is 0 Å². The molecule has 0 aromatic carbocycles. The number of carbonyl (C=O) groups is 1. The fourth-order valence-corrected chi connectivity index (χ4v) is 1.16. The molecular weight excluding hydrogens is 237 g/mol. The zero-order valence-corrected chi connectivity index (χ0v) is 9.03. The van der Waals surface area contributed by atoms with Gasteiger partial charge in [-0.15, -0.1) is 0 Å². The Morgan fingerprint density at radius 3 is 2.59 bits per heavy atom. The van der Waals surface area contributed by atoms with Gasteiger partial charge in [0, 0.05) is 6.20 Å². The van der Waals surface area contributed by atoms with E-state index in [4.69, 9.17) is 0 Å². The molecule has 1 N–H and O–H groups in total. The second kappa shape index (κ2) is 4.33. The number of alkyl halides is 3. The van der Waals surface area contributed by atoms with Gasteiger partial charge < -0.3 is 5.11 Å². The molecule has 0 amide bonds. The van der Waals surface area contributed by atoms with Crippen molar-refractivity contribution < 1.29 is 23.1 Å². The predicted molar refractivity (Wildman–Crippen MR) is 53.1 cm³/mol. The number of rotatable bonds is 4. The molecule has 0 saturated heterocycles. The summed E-state index contributed by atoms with van der Waals surface area (Å²) in [5.41, 5.74) is -2.85. The number of halogens is 3. The molecule has 1 heterocycles. The maximum Gasteiger partial charge on any atom is 0.419 e. The number of nitrogens with zero attached hydrogens (tertiary/aromatic N) is 2. The summed E-state index contributed by atoms with van der Waals surface area (Å²) in [6, 6.07) is 0. The molecule has 1 rings (SSSR count). The second-order valence-corrected chi connectivity index (χ2v) is 3.61. The van der Waals surface area contributed by atoms with E-state index in [-0.39, 0.29) is 0 Å². The van der Waals surface area contributed by atoms with Gasteiger partial charge in [-0.25, -0.2) is 0 Å². The summed E-state index contributed by atoms with van der Waals surface area (Å²) >= 11 is 0. The molecule has 0 saturated carbocycles. The first kappa shape index (κ1) is 13.4. The summed E-state index contributed by atoms with van der Waals surface area (Å²) in [6.07, 6.45) is -2.17. The first-order chi connectivity index (χ1) is 7.69. The van der Waals surface area contributed by atoms with E-state index < -0.39 is 29.7 Å². The van der Waals surface area contributed by atoms with Crippen LogP contribution in [0.1, 0.15) is 12.5 Å². The predicted octanol–water partition coefficient (Wildman–Crippen LogP) is 1.41. The zero-order valence-electron chi connectivity index (χ0n) is 9.03. The summed E-state index contributed by atoms with van der Waals surface area (Å²) < 4.78 is 37.7. The minimum absolute atomic E-state index is 0.401. The topological polar surface area (TPSA) is 55.1 Å². The lowest BCUT2D eigenvalue weighted by atomic mass is 10.00. The number of carbonyl (C=O) groups excluding carboxylic acids is 1. The smallest absolute Gasteiger partial charge is 0.376 e. The van der Waals surface area contributed by atoms with Crippen molar-refractivity contribution in [3.63, 3.8) is 0 Å². The summed E-state index contributed by atoms with van der Waals surface area (Å²) in [5, 5.41) is 13.2. The third kappa shape index (κ3) is 2.94. The fourth-order valence-electron chi connectivity index (χ4n) is 1.16. The third-order valence-corrected chi connectivity index (χ3v) is 2.31. The number of hydrogen-bond acceptors (Lipinski definition) is 3. The lowest BCUT2D eigenvalue weighted by Crippen LogP contribution is -2.39. The normalized spacial score (nSPS) is 15.4. The summed E-state index contributed by atoms with van der Waals surface area (Å²) in [4.78, 5) is 11.1. The monoisotopic (exact) mass is 248 g/mol. The highest BCUT2D eigenvalue weighted by Gasteiger charge is 2.34. The number of Topliss-reactive ketones (excluding diaryl/α,β-unsaturated/α-hetero) is 1. The second-order valence-electron chi connectivity index (χ2n) is 3.61. The zero-order chi connectivity index (χ0) is 13.3. The average Bonchev–Trinajstić information content (AvgIpc) is 2.65. The van der Waals surface area contributed by atoms with Crippen molar-refractivity contribution in [1.29, 1.82) is 0 Å². The van der Waals surface area contributed by atoms with Crippen molar-refractivity contribution in [2.24, 2.45) is 0 Å². The molecule has 7 heteroatoms. The Morgan fingerprint density at radius 2 is 2.24 bits per heavy atom. The minimum Gasteiger partial charge on any atom is -0.376 e. The lowest BCUT2D eigenvalue weighted by Gasteiger charge is -2.20. The maximum atomic E-state index is 12.3. The van der Waals surface area contributed by atoms with Crippen LogP contribution in [-0.4, -0.2) is 26.3 Å². The van der Waals surface area contributed by atoms with Crippen LogP contribution in [-0.2, 0) is 17.5 Å².